The number of nitrogens with zero attached hydrogens (tertiary/aromatic N) is 2. The summed E-state index contributed by atoms with van der Waals surface area (Å²) in [7, 11) is 4.33. The van der Waals surface area contributed by atoms with Gasteiger partial charge in [-0.1, -0.05) is 123 Å². The molecule has 0 aromatic carbocycles. The molecule has 0 aromatic rings. The summed E-state index contributed by atoms with van der Waals surface area (Å²) in [4.78, 5) is 29.2. The largest absolute Gasteiger partial charge is 0.309 e. The smallest absolute Gasteiger partial charge is 0.155 e. The van der Waals surface area contributed by atoms with Gasteiger partial charge in [0.1, 0.15) is 5.78 Å². The second-order valence-electron chi connectivity index (χ2n) is 14.9. The molecule has 1 aliphatic carbocycles. The minimum atomic E-state index is 0.183. The van der Waals surface area contributed by atoms with E-state index in [1.54, 1.807) is 0 Å². The Bertz CT molecular complexity index is 710. The molecule has 1 aliphatic rings. The van der Waals surface area contributed by atoms with Crippen molar-refractivity contribution in [1.29, 1.82) is 0 Å². The van der Waals surface area contributed by atoms with Gasteiger partial charge in [-0.25, -0.2) is 0 Å². The van der Waals surface area contributed by atoms with Gasteiger partial charge in [0.15, 0.2) is 5.78 Å². The average Bonchev–Trinajstić information content (AvgIpc) is 3.81. The summed E-state index contributed by atoms with van der Waals surface area (Å²) >= 11 is 0. The Morgan fingerprint density at radius 3 is 1.69 bits per heavy atom. The molecule has 4 nitrogen and oxygen atoms in total. The maximum absolute atomic E-state index is 12.8. The van der Waals surface area contributed by atoms with Gasteiger partial charge in [-0.2, -0.15) is 0 Å². The fourth-order valence-electron chi connectivity index (χ4n) is 7.14. The normalized spacial score (nSPS) is 16.2. The van der Waals surface area contributed by atoms with Crippen molar-refractivity contribution < 1.29 is 9.59 Å². The van der Waals surface area contributed by atoms with E-state index in [-0.39, 0.29) is 5.78 Å². The van der Waals surface area contributed by atoms with Crippen molar-refractivity contribution in [1.82, 2.24) is 9.80 Å². The fourth-order valence-corrected chi connectivity index (χ4v) is 7.14. The first-order chi connectivity index (χ1) is 21.9. The van der Waals surface area contributed by atoms with Gasteiger partial charge in [0.05, 0.1) is 0 Å². The summed E-state index contributed by atoms with van der Waals surface area (Å²) in [5.41, 5.74) is 0. The van der Waals surface area contributed by atoms with Crippen LogP contribution in [-0.4, -0.2) is 61.6 Å². The van der Waals surface area contributed by atoms with E-state index < -0.39 is 0 Å². The molecule has 0 saturated heterocycles. The van der Waals surface area contributed by atoms with Gasteiger partial charge in [-0.3, -0.25) is 9.59 Å². The maximum atomic E-state index is 12.8. The van der Waals surface area contributed by atoms with Crippen LogP contribution in [0.2, 0.25) is 0 Å². The van der Waals surface area contributed by atoms with Crippen LogP contribution in [0.3, 0.4) is 0 Å². The molecule has 2 unspecified atom stereocenters. The topological polar surface area (TPSA) is 40.6 Å². The monoisotopic (exact) mass is 631 g/mol. The van der Waals surface area contributed by atoms with Gasteiger partial charge in [0, 0.05) is 18.8 Å². The van der Waals surface area contributed by atoms with Crippen LogP contribution in [-0.2, 0) is 9.59 Å². The molecule has 0 spiro atoms. The Hall–Kier alpha value is -1.00. The Kier molecular flexibility index (Phi) is 27.2. The Morgan fingerprint density at radius 1 is 0.644 bits per heavy atom. The van der Waals surface area contributed by atoms with Crippen LogP contribution in [0.15, 0.2) is 12.7 Å². The van der Waals surface area contributed by atoms with E-state index in [0.717, 1.165) is 37.5 Å². The molecule has 1 fully saturated rings. The van der Waals surface area contributed by atoms with Crippen molar-refractivity contribution in [2.75, 3.05) is 40.3 Å². The van der Waals surface area contributed by atoms with E-state index >= 15 is 0 Å². The lowest BCUT2D eigenvalue weighted by Crippen LogP contribution is -2.28. The molecule has 1 saturated carbocycles. The number of hydrogen-bond acceptors (Lipinski definition) is 4. The van der Waals surface area contributed by atoms with E-state index in [0.29, 0.717) is 18.1 Å². The third kappa shape index (κ3) is 24.8. The predicted octanol–water partition coefficient (Wildman–Crippen LogP) is 11.2. The van der Waals surface area contributed by atoms with Crippen LogP contribution in [0.1, 0.15) is 181 Å². The molecule has 264 valence electrons. The van der Waals surface area contributed by atoms with Crippen molar-refractivity contribution >= 4 is 11.6 Å². The van der Waals surface area contributed by atoms with Crippen molar-refractivity contribution in [2.45, 2.75) is 181 Å². The summed E-state index contributed by atoms with van der Waals surface area (Å²) in [6.07, 6.45) is 34.0. The quantitative estimate of drug-likeness (QED) is 0.0516. The molecule has 0 aliphatic heterocycles. The molecule has 4 heteroatoms. The summed E-state index contributed by atoms with van der Waals surface area (Å²) < 4.78 is 0. The molecule has 0 radical (unpaired) electrons. The van der Waals surface area contributed by atoms with Gasteiger partial charge in [-0.15, -0.1) is 0 Å². The van der Waals surface area contributed by atoms with Gasteiger partial charge >= 0.3 is 0 Å². The predicted molar refractivity (Wildman–Crippen MR) is 197 cm³/mol. The third-order valence-electron chi connectivity index (χ3n) is 10.3. The van der Waals surface area contributed by atoms with E-state index in [1.165, 1.54) is 167 Å². The standard InChI is InChI=1S/C41H78N2O2/c1-6-9-17-26-37(27-18-10-7-2)28-25-29-38-36-40(38)41(45)31-20-14-12-16-22-34-43(35-24-23-32-42(4)5)33-21-15-11-13-19-30-39(44)8-3/h8,37-38,40H,3,6-7,9-36H2,1-2,4-5H3. The number of hydrogen-bond donors (Lipinski definition) is 0. The van der Waals surface area contributed by atoms with E-state index in [1.807, 2.05) is 0 Å². The number of carbonyl (C=O) groups is 2. The van der Waals surface area contributed by atoms with Crippen LogP contribution >= 0.6 is 0 Å². The molecular formula is C41H78N2O2. The van der Waals surface area contributed by atoms with E-state index in [4.69, 9.17) is 0 Å². The van der Waals surface area contributed by atoms with Crippen molar-refractivity contribution in [2.24, 2.45) is 17.8 Å². The van der Waals surface area contributed by atoms with Crippen LogP contribution in [0, 0.1) is 17.8 Å². The van der Waals surface area contributed by atoms with Crippen LogP contribution in [0.4, 0.5) is 0 Å². The molecule has 0 heterocycles. The molecule has 0 amide bonds. The first-order valence-corrected chi connectivity index (χ1v) is 20.0. The van der Waals surface area contributed by atoms with E-state index in [2.05, 4.69) is 44.3 Å². The molecular weight excluding hydrogens is 552 g/mol. The first kappa shape index (κ1) is 42.0. The number of rotatable bonds is 35. The highest BCUT2D eigenvalue weighted by molar-refractivity contribution is 5.88. The fraction of sp³-hybridized carbons (Fsp3) is 0.902. The molecule has 2 atom stereocenters. The van der Waals surface area contributed by atoms with Crippen LogP contribution in [0.5, 0.6) is 0 Å². The van der Waals surface area contributed by atoms with Crippen LogP contribution < -0.4 is 0 Å². The molecule has 0 N–H and O–H groups in total. The zero-order chi connectivity index (χ0) is 33.0. The number of allylic oxidation sites excluding steroid dienone is 1. The highest BCUT2D eigenvalue weighted by Gasteiger charge is 2.41. The second kappa shape index (κ2) is 29.2. The number of unbranched alkanes of at least 4 members (excludes halogenated alkanes) is 13. The van der Waals surface area contributed by atoms with Gasteiger partial charge < -0.3 is 9.80 Å². The number of ketones is 2. The molecule has 0 aromatic heterocycles. The lowest BCUT2D eigenvalue weighted by Gasteiger charge is -2.23. The van der Waals surface area contributed by atoms with Crippen molar-refractivity contribution in [3.05, 3.63) is 12.7 Å². The zero-order valence-corrected chi connectivity index (χ0v) is 30.9. The van der Waals surface area contributed by atoms with Gasteiger partial charge in [0.2, 0.25) is 0 Å². The van der Waals surface area contributed by atoms with Gasteiger partial charge in [0.25, 0.3) is 0 Å². The molecule has 1 rings (SSSR count). The Labute approximate surface area is 281 Å². The highest BCUT2D eigenvalue weighted by atomic mass is 16.1. The SMILES string of the molecule is C=CC(=O)CCCCCCCN(CCCCCCCC(=O)C1CC1CCCC(CCCCC)CCCCC)CCCCN(C)C. The Morgan fingerprint density at radius 2 is 1.13 bits per heavy atom. The second-order valence-corrected chi connectivity index (χ2v) is 14.9. The zero-order valence-electron chi connectivity index (χ0n) is 30.9. The molecule has 45 heavy (non-hydrogen) atoms. The first-order valence-electron chi connectivity index (χ1n) is 20.0. The van der Waals surface area contributed by atoms with Crippen molar-refractivity contribution in [3.63, 3.8) is 0 Å². The van der Waals surface area contributed by atoms with E-state index in [9.17, 15) is 9.59 Å². The lowest BCUT2D eigenvalue weighted by atomic mass is 9.90. The summed E-state index contributed by atoms with van der Waals surface area (Å²) in [5.74, 6) is 2.83. The van der Waals surface area contributed by atoms with Crippen LogP contribution in [0.25, 0.3) is 0 Å². The third-order valence-corrected chi connectivity index (χ3v) is 10.3. The summed E-state index contributed by atoms with van der Waals surface area (Å²) in [5, 5.41) is 0. The summed E-state index contributed by atoms with van der Waals surface area (Å²) in [6, 6.07) is 0. The highest BCUT2D eigenvalue weighted by Crippen LogP contribution is 2.44. The summed E-state index contributed by atoms with van der Waals surface area (Å²) in [6.45, 7) is 13.0. The Balaban J connectivity index is 2.15. The van der Waals surface area contributed by atoms with Crippen molar-refractivity contribution in [3.8, 4) is 0 Å². The maximum Gasteiger partial charge on any atom is 0.155 e. The number of Topliss-reactive ketones (excluding diaryl/α,β-unsaturated/α-hetero) is 1. The number of carbonyl (C=O) groups excluding carboxylic acids is 2. The molecule has 0 bridgehead atoms. The lowest BCUT2D eigenvalue weighted by molar-refractivity contribution is -0.120. The minimum Gasteiger partial charge on any atom is -0.309 e. The average molecular weight is 631 g/mol. The minimum absolute atomic E-state index is 0.183. The van der Waals surface area contributed by atoms with Gasteiger partial charge in [-0.05, 0) is 110 Å².